The van der Waals surface area contributed by atoms with Crippen LogP contribution in [0.5, 0.6) is 11.6 Å². The molecule has 2 amide bonds. The van der Waals surface area contributed by atoms with E-state index in [1.165, 1.54) is 41.4 Å². The molecule has 13 nitrogen and oxygen atoms in total. The summed E-state index contributed by atoms with van der Waals surface area (Å²) in [5.74, 6) is -1.84. The van der Waals surface area contributed by atoms with E-state index >= 15 is 4.39 Å². The Morgan fingerprint density at radius 1 is 0.962 bits per heavy atom. The zero-order valence-electron chi connectivity index (χ0n) is 29.1. The molecule has 4 heterocycles. The Morgan fingerprint density at radius 3 is 2.38 bits per heavy atom. The van der Waals surface area contributed by atoms with Crippen molar-refractivity contribution in [3.8, 4) is 17.3 Å². The molecule has 0 radical (unpaired) electrons. The summed E-state index contributed by atoms with van der Waals surface area (Å²) in [7, 11) is 0. The first-order valence-electron chi connectivity index (χ1n) is 17.3. The van der Waals surface area contributed by atoms with Crippen molar-refractivity contribution < 1.29 is 27.8 Å². The summed E-state index contributed by atoms with van der Waals surface area (Å²) in [4.78, 5) is 65.6. The molecule has 2 aromatic heterocycles. The summed E-state index contributed by atoms with van der Waals surface area (Å²) in [5, 5.41) is 2.46. The number of carbonyl (C=O) groups is 2. The van der Waals surface area contributed by atoms with Gasteiger partial charge in [0.15, 0.2) is 0 Å². The predicted molar refractivity (Wildman–Crippen MR) is 186 cm³/mol. The lowest BCUT2D eigenvalue weighted by molar-refractivity contribution is -0.0183. The van der Waals surface area contributed by atoms with Crippen LogP contribution in [0, 0.1) is 11.6 Å². The zero-order valence-corrected chi connectivity index (χ0v) is 29.1. The fraction of sp³-hybridized carbons (Fsp3) is 0.405. The van der Waals surface area contributed by atoms with Gasteiger partial charge in [0, 0.05) is 56.1 Å². The predicted octanol–water partition coefficient (Wildman–Crippen LogP) is 5.20. The van der Waals surface area contributed by atoms with Gasteiger partial charge in [0.25, 0.3) is 11.5 Å². The second-order valence-electron chi connectivity index (χ2n) is 14.3. The van der Waals surface area contributed by atoms with Crippen LogP contribution in [0.4, 0.5) is 19.3 Å². The minimum absolute atomic E-state index is 0.109. The number of benzene rings is 2. The molecule has 1 N–H and O–H groups in total. The van der Waals surface area contributed by atoms with Crippen LogP contribution in [0.15, 0.2) is 64.6 Å². The lowest BCUT2D eigenvalue weighted by atomic mass is 10.0. The number of amides is 2. The normalized spacial score (nSPS) is 16.7. The number of hydrogen-bond donors (Lipinski definition) is 1. The van der Waals surface area contributed by atoms with Gasteiger partial charge in [-0.3, -0.25) is 19.1 Å². The third kappa shape index (κ3) is 7.17. The number of hydrogen-bond acceptors (Lipinski definition) is 9. The zero-order chi connectivity index (χ0) is 36.7. The minimum atomic E-state index is -0.909. The average Bonchev–Trinajstić information content (AvgIpc) is 3.60. The molecule has 7 rings (SSSR count). The van der Waals surface area contributed by atoms with Gasteiger partial charge >= 0.3 is 11.8 Å². The number of aromatic nitrogens is 4. The van der Waals surface area contributed by atoms with Crippen molar-refractivity contribution in [3.05, 3.63) is 104 Å². The minimum Gasteiger partial charge on any atom is -0.444 e. The molecule has 2 aliphatic heterocycles. The quantitative estimate of drug-likeness (QED) is 0.273. The summed E-state index contributed by atoms with van der Waals surface area (Å²) >= 11 is 0. The van der Waals surface area contributed by atoms with Crippen molar-refractivity contribution in [2.24, 2.45) is 0 Å². The lowest BCUT2D eigenvalue weighted by Crippen LogP contribution is -2.62. The van der Waals surface area contributed by atoms with E-state index in [1.807, 2.05) is 20.8 Å². The number of rotatable bonds is 7. The third-order valence-corrected chi connectivity index (χ3v) is 9.59. The van der Waals surface area contributed by atoms with Crippen LogP contribution in [0.2, 0.25) is 0 Å². The van der Waals surface area contributed by atoms with Crippen molar-refractivity contribution in [1.29, 1.82) is 0 Å². The molecular formula is C37H39F2N7O6. The van der Waals surface area contributed by atoms with E-state index in [4.69, 9.17) is 9.47 Å². The van der Waals surface area contributed by atoms with Crippen LogP contribution in [0.1, 0.15) is 74.1 Å². The Kier molecular flexibility index (Phi) is 9.38. The second kappa shape index (κ2) is 13.9. The van der Waals surface area contributed by atoms with E-state index in [9.17, 15) is 23.6 Å². The number of fused-ring (bicyclic) bond motifs is 1. The lowest BCUT2D eigenvalue weighted by Gasteiger charge is -2.46. The van der Waals surface area contributed by atoms with E-state index in [-0.39, 0.29) is 40.9 Å². The molecule has 0 atom stereocenters. The Morgan fingerprint density at radius 2 is 1.69 bits per heavy atom. The van der Waals surface area contributed by atoms with Crippen molar-refractivity contribution in [2.75, 3.05) is 25.0 Å². The number of halogens is 2. The molecular weight excluding hydrogens is 676 g/mol. The second-order valence-corrected chi connectivity index (χ2v) is 14.3. The first-order valence-corrected chi connectivity index (χ1v) is 17.3. The topological polar surface area (TPSA) is 141 Å². The van der Waals surface area contributed by atoms with Gasteiger partial charge in [-0.15, -0.1) is 0 Å². The largest absolute Gasteiger partial charge is 0.444 e. The maximum atomic E-state index is 15.5. The van der Waals surface area contributed by atoms with Crippen LogP contribution >= 0.6 is 0 Å². The third-order valence-electron chi connectivity index (χ3n) is 9.59. The smallest absolute Gasteiger partial charge is 0.410 e. The summed E-state index contributed by atoms with van der Waals surface area (Å²) in [6.07, 6.45) is 6.05. The van der Waals surface area contributed by atoms with Gasteiger partial charge in [-0.1, -0.05) is 12.8 Å². The average molecular weight is 716 g/mol. The molecule has 2 fully saturated rings. The van der Waals surface area contributed by atoms with Gasteiger partial charge in [-0.05, 0) is 76.4 Å². The van der Waals surface area contributed by atoms with E-state index in [0.717, 1.165) is 46.9 Å². The molecule has 52 heavy (non-hydrogen) atoms. The van der Waals surface area contributed by atoms with Crippen LogP contribution in [0.25, 0.3) is 5.69 Å². The summed E-state index contributed by atoms with van der Waals surface area (Å²) in [6, 6.07) is 8.67. The molecule has 2 aromatic carbocycles. The van der Waals surface area contributed by atoms with Gasteiger partial charge < -0.3 is 19.7 Å². The molecule has 1 aliphatic carbocycles. The molecule has 0 unspecified atom stereocenters. The Balaban J connectivity index is 1.05. The van der Waals surface area contributed by atoms with Gasteiger partial charge in [0.1, 0.15) is 34.9 Å². The fourth-order valence-corrected chi connectivity index (χ4v) is 6.86. The van der Waals surface area contributed by atoms with Crippen molar-refractivity contribution in [3.63, 3.8) is 0 Å². The fourth-order valence-electron chi connectivity index (χ4n) is 6.86. The van der Waals surface area contributed by atoms with Crippen LogP contribution in [-0.4, -0.2) is 72.2 Å². The summed E-state index contributed by atoms with van der Waals surface area (Å²) in [5.41, 5.74) is -0.983. The molecule has 1 saturated carbocycles. The standard InChI is InChI=1S/C37H39F2N7O6/c1-37(2,3)52-36(50)44-17-25(18-44)43-15-14-27-31(20-43)40-21-41-33(27)51-26-12-13-30(29(39)16-26)42-32(47)28-19-45(23-6-4-5-7-23)35(49)46(34(28)48)24-10-8-22(38)9-11-24/h8-13,16,19,21,23,25H,4-7,14-15,17-18,20H2,1-3H3,(H,42,47). The number of nitrogens with zero attached hydrogens (tertiary/aromatic N) is 6. The monoisotopic (exact) mass is 715 g/mol. The Labute approximate surface area is 297 Å². The highest BCUT2D eigenvalue weighted by Crippen LogP contribution is 2.32. The Bertz CT molecular complexity index is 2130. The number of anilines is 1. The maximum Gasteiger partial charge on any atom is 0.410 e. The van der Waals surface area contributed by atoms with E-state index in [2.05, 4.69) is 20.2 Å². The number of ether oxygens (including phenoxy) is 2. The van der Waals surface area contributed by atoms with E-state index in [0.29, 0.717) is 51.3 Å². The van der Waals surface area contributed by atoms with Gasteiger partial charge in [0.05, 0.1) is 17.1 Å². The van der Waals surface area contributed by atoms with Gasteiger partial charge in [0.2, 0.25) is 5.88 Å². The van der Waals surface area contributed by atoms with Crippen LogP contribution < -0.4 is 21.3 Å². The first-order chi connectivity index (χ1) is 24.8. The summed E-state index contributed by atoms with van der Waals surface area (Å²) in [6.45, 7) is 7.87. The molecule has 3 aliphatic rings. The van der Waals surface area contributed by atoms with Crippen molar-refractivity contribution >= 4 is 17.7 Å². The van der Waals surface area contributed by atoms with Gasteiger partial charge in [-0.2, -0.15) is 0 Å². The maximum absolute atomic E-state index is 15.5. The highest BCUT2D eigenvalue weighted by Gasteiger charge is 2.39. The molecule has 272 valence electrons. The Hall–Kier alpha value is -5.44. The van der Waals surface area contributed by atoms with E-state index in [1.54, 1.807) is 4.90 Å². The number of likely N-dealkylation sites (tertiary alicyclic amines) is 1. The summed E-state index contributed by atoms with van der Waals surface area (Å²) < 4.78 is 42.8. The SMILES string of the molecule is CC(C)(C)OC(=O)N1CC(N2CCc3c(ncnc3Oc3ccc(NC(=O)c4cn(C5CCCC5)c(=O)n(-c5ccc(F)cc5)c4=O)c(F)c3)C2)C1. The molecule has 1 saturated heterocycles. The van der Waals surface area contributed by atoms with Gasteiger partial charge in [-0.25, -0.2) is 32.9 Å². The number of nitrogens with one attached hydrogen (secondary N) is 1. The molecule has 0 spiro atoms. The highest BCUT2D eigenvalue weighted by atomic mass is 19.1. The molecule has 4 aromatic rings. The van der Waals surface area contributed by atoms with Crippen molar-refractivity contribution in [1.82, 2.24) is 28.9 Å². The first kappa shape index (κ1) is 35.0. The molecule has 0 bridgehead atoms. The van der Waals surface area contributed by atoms with E-state index < -0.39 is 34.4 Å². The van der Waals surface area contributed by atoms with Crippen LogP contribution in [-0.2, 0) is 17.7 Å². The number of carbonyl (C=O) groups excluding carboxylic acids is 2. The van der Waals surface area contributed by atoms with Crippen molar-refractivity contribution in [2.45, 2.75) is 77.1 Å². The molecule has 15 heteroatoms. The van der Waals surface area contributed by atoms with Crippen LogP contribution in [0.3, 0.4) is 0 Å². The highest BCUT2D eigenvalue weighted by molar-refractivity contribution is 6.04.